The summed E-state index contributed by atoms with van der Waals surface area (Å²) < 4.78 is 135. The quantitative estimate of drug-likeness (QED) is 0.116. The van der Waals surface area contributed by atoms with Crippen LogP contribution in [0.25, 0.3) is 56.5 Å². The number of imidazole rings is 2. The summed E-state index contributed by atoms with van der Waals surface area (Å²) >= 11 is 0. The maximum atomic E-state index is 14.0. The number of nitrogens with zero attached hydrogens (tertiary/aromatic N) is 8. The van der Waals surface area contributed by atoms with Gasteiger partial charge >= 0.3 is 12.4 Å². The maximum Gasteiger partial charge on any atom is 0.419 e. The lowest BCUT2D eigenvalue weighted by Crippen LogP contribution is -2.23. The Morgan fingerprint density at radius 1 is 0.589 bits per heavy atom. The van der Waals surface area contributed by atoms with Gasteiger partial charge in [-0.15, -0.1) is 0 Å². The molecule has 12 nitrogen and oxygen atoms in total. The van der Waals surface area contributed by atoms with Gasteiger partial charge < -0.3 is 11.1 Å². The van der Waals surface area contributed by atoms with E-state index in [0.29, 0.717) is 45.9 Å². The molecule has 0 aliphatic heterocycles. The van der Waals surface area contributed by atoms with Crippen LogP contribution in [0.1, 0.15) is 93.9 Å². The van der Waals surface area contributed by atoms with Gasteiger partial charge in [-0.2, -0.15) is 31.3 Å². The Morgan fingerprint density at radius 3 is 1.48 bits per heavy atom. The number of nitrogens with two attached hydrogens (primary N) is 1. The van der Waals surface area contributed by atoms with Crippen LogP contribution in [-0.2, 0) is 22.2 Å². The summed E-state index contributed by atoms with van der Waals surface area (Å²) in [4.78, 5) is 25.8. The fourth-order valence-corrected chi connectivity index (χ4v) is 9.24. The van der Waals surface area contributed by atoms with E-state index in [-0.39, 0.29) is 42.1 Å². The number of halogens is 8. The minimum atomic E-state index is -4.90. The Bertz CT molecular complexity index is 3350. The molecular formula is C52H54F8N10O2S. The molecule has 0 bridgehead atoms. The zero-order chi connectivity index (χ0) is 51.5. The average molecular weight is 1040 g/mol. The van der Waals surface area contributed by atoms with Crippen LogP contribution in [-0.4, -0.2) is 65.8 Å². The fraction of sp³-hybridized carbons (Fsp3) is 0.346. The van der Waals surface area contributed by atoms with Gasteiger partial charge in [-0.1, -0.05) is 58.1 Å². The molecule has 10 rings (SSSR count). The van der Waals surface area contributed by atoms with Crippen molar-refractivity contribution >= 4 is 37.9 Å². The van der Waals surface area contributed by atoms with Crippen molar-refractivity contribution in [2.24, 2.45) is 5.73 Å². The second-order valence-corrected chi connectivity index (χ2v) is 19.9. The van der Waals surface area contributed by atoms with Crippen LogP contribution in [0.5, 0.6) is 0 Å². The van der Waals surface area contributed by atoms with E-state index in [1.165, 1.54) is 67.5 Å². The lowest BCUT2D eigenvalue weighted by Gasteiger charge is -2.22. The number of nitrogens with one attached hydrogen (secondary N) is 1. The predicted molar refractivity (Wildman–Crippen MR) is 265 cm³/mol. The summed E-state index contributed by atoms with van der Waals surface area (Å²) in [5.74, 6) is -1.42. The highest BCUT2D eigenvalue weighted by Crippen LogP contribution is 2.38. The molecule has 73 heavy (non-hydrogen) atoms. The van der Waals surface area contributed by atoms with Crippen molar-refractivity contribution in [2.45, 2.75) is 115 Å². The van der Waals surface area contributed by atoms with E-state index in [1.54, 1.807) is 41.1 Å². The van der Waals surface area contributed by atoms with Crippen LogP contribution in [0.2, 0.25) is 0 Å². The van der Waals surface area contributed by atoms with Crippen molar-refractivity contribution < 1.29 is 43.5 Å². The summed E-state index contributed by atoms with van der Waals surface area (Å²) in [6, 6.07) is 20.2. The third-order valence-electron chi connectivity index (χ3n) is 12.3. The number of anilines is 1. The summed E-state index contributed by atoms with van der Waals surface area (Å²) in [6.07, 6.45) is 6.35. The predicted octanol–water partition coefficient (Wildman–Crippen LogP) is 13.0. The number of sulfone groups is 1. The molecule has 4 aromatic carbocycles. The van der Waals surface area contributed by atoms with Gasteiger partial charge in [0, 0.05) is 41.9 Å². The molecule has 2 fully saturated rings. The Kier molecular flexibility index (Phi) is 16.3. The molecule has 0 atom stereocenters. The molecule has 0 saturated heterocycles. The molecule has 0 spiro atoms. The molecule has 0 unspecified atom stereocenters. The molecule has 4 aromatic heterocycles. The van der Waals surface area contributed by atoms with E-state index in [2.05, 4.69) is 35.2 Å². The van der Waals surface area contributed by atoms with Crippen molar-refractivity contribution in [3.63, 3.8) is 0 Å². The van der Waals surface area contributed by atoms with Gasteiger partial charge in [0.1, 0.15) is 34.9 Å². The highest BCUT2D eigenvalue weighted by Gasteiger charge is 2.36. The second-order valence-electron chi connectivity index (χ2n) is 18.0. The molecular weight excluding hydrogens is 981 g/mol. The van der Waals surface area contributed by atoms with Crippen LogP contribution in [0.4, 0.5) is 41.1 Å². The zero-order valence-electron chi connectivity index (χ0n) is 39.4. The molecule has 2 aliphatic carbocycles. The van der Waals surface area contributed by atoms with Crippen LogP contribution in [0.3, 0.4) is 0 Å². The molecule has 0 amide bonds. The van der Waals surface area contributed by atoms with Crippen molar-refractivity contribution in [1.29, 1.82) is 0 Å². The lowest BCUT2D eigenvalue weighted by atomic mass is 9.96. The topological polar surface area (TPSA) is 159 Å². The molecule has 2 aliphatic rings. The van der Waals surface area contributed by atoms with Crippen molar-refractivity contribution in [2.75, 3.05) is 11.6 Å². The largest absolute Gasteiger partial charge is 0.419 e. The Morgan fingerprint density at radius 2 is 1.04 bits per heavy atom. The minimum Gasteiger partial charge on any atom is -0.351 e. The molecule has 4 heterocycles. The first kappa shape index (κ1) is 53.9. The molecule has 386 valence electrons. The number of rotatable bonds is 7. The molecule has 2 saturated carbocycles. The van der Waals surface area contributed by atoms with Gasteiger partial charge in [-0.25, -0.2) is 42.1 Å². The van der Waals surface area contributed by atoms with Gasteiger partial charge in [0.25, 0.3) is 0 Å². The van der Waals surface area contributed by atoms with E-state index < -0.39 is 50.1 Å². The summed E-state index contributed by atoms with van der Waals surface area (Å²) in [5, 5.41) is 2.94. The summed E-state index contributed by atoms with van der Waals surface area (Å²) in [7, 11) is -3.74. The third-order valence-corrected chi connectivity index (χ3v) is 13.2. The van der Waals surface area contributed by atoms with Crippen LogP contribution < -0.4 is 11.1 Å². The van der Waals surface area contributed by atoms with Gasteiger partial charge in [-0.3, -0.25) is 9.13 Å². The van der Waals surface area contributed by atoms with Crippen molar-refractivity contribution in [3.8, 4) is 34.4 Å². The van der Waals surface area contributed by atoms with Gasteiger partial charge in [0.15, 0.2) is 0 Å². The van der Waals surface area contributed by atoms with Crippen LogP contribution >= 0.6 is 0 Å². The number of aromatic nitrogens is 8. The Balaban J connectivity index is 0.000000187. The Hall–Kier alpha value is -6.87. The third kappa shape index (κ3) is 12.7. The van der Waals surface area contributed by atoms with Crippen molar-refractivity contribution in [1.82, 2.24) is 39.0 Å². The summed E-state index contributed by atoms with van der Waals surface area (Å²) in [6.45, 7) is 3.74. The van der Waals surface area contributed by atoms with E-state index in [4.69, 9.17) is 5.73 Å². The number of hydrogen-bond acceptors (Lipinski definition) is 10. The smallest absolute Gasteiger partial charge is 0.351 e. The number of benzene rings is 4. The van der Waals surface area contributed by atoms with E-state index in [0.717, 1.165) is 61.3 Å². The standard InChI is InChI=1S/C25H23F4N5.C20H14F4N4O2S.C6H13N.CH4/c1-15-7-10-20-21(13-15)34(22-11-12-30-24(33-22)31-17-5-3-2-4-6-17)23(32-20)16-8-9-19(26)18(14-16)25(27,28)29;1-11-3-6-15-16(9-11)28(17-7-8-25-19(27-17)31(2,29)30)18(26-15)12-4-5-14(21)13(10-12)20(22,23)24;7-6-4-2-1-3-5-6;/h7-14,17H,2-6H2,1H3,(H,30,31,33);3-10H,1-2H3;6H,1-5,7H2;1H4. The average Bonchev–Trinajstić information content (AvgIpc) is 3.90. The Labute approximate surface area is 417 Å². The van der Waals surface area contributed by atoms with E-state index in [9.17, 15) is 43.5 Å². The first-order valence-electron chi connectivity index (χ1n) is 23.3. The minimum absolute atomic E-state index is 0. The molecule has 3 N–H and O–H groups in total. The number of aryl methyl sites for hydroxylation is 2. The molecule has 0 radical (unpaired) electrons. The highest BCUT2D eigenvalue weighted by molar-refractivity contribution is 7.90. The first-order chi connectivity index (χ1) is 34.1. The van der Waals surface area contributed by atoms with Gasteiger partial charge in [-0.05, 0) is 123 Å². The summed E-state index contributed by atoms with van der Waals surface area (Å²) in [5.41, 5.74) is 7.03. The number of hydrogen-bond donors (Lipinski definition) is 2. The highest BCUT2D eigenvalue weighted by atomic mass is 32.2. The SMILES string of the molecule is C.Cc1ccc2nc(-c3ccc(F)c(C(F)(F)F)c3)n(-c3ccnc(NC4CCCCC4)n3)c2c1.Cc1ccc2nc(-c3ccc(F)c(C(F)(F)F)c3)n(-c3ccnc(S(C)(=O)=O)n3)c2c1.NC1CCCCC1. The van der Waals surface area contributed by atoms with Crippen molar-refractivity contribution in [3.05, 3.63) is 131 Å². The second kappa shape index (κ2) is 22.1. The number of alkyl halides is 6. The van der Waals surface area contributed by atoms with Crippen LogP contribution in [0.15, 0.2) is 102 Å². The first-order valence-corrected chi connectivity index (χ1v) is 25.1. The molecule has 8 aromatic rings. The normalized spacial score (nSPS) is 14.7. The maximum absolute atomic E-state index is 14.0. The van der Waals surface area contributed by atoms with Gasteiger partial charge in [0.05, 0.1) is 33.2 Å². The fourth-order valence-electron chi connectivity index (χ4n) is 8.73. The van der Waals surface area contributed by atoms with Gasteiger partial charge in [0.2, 0.25) is 20.9 Å². The monoisotopic (exact) mass is 1030 g/mol. The zero-order valence-corrected chi connectivity index (χ0v) is 40.2. The lowest BCUT2D eigenvalue weighted by molar-refractivity contribution is -0.140. The van der Waals surface area contributed by atoms with E-state index in [1.807, 2.05) is 26.0 Å². The van der Waals surface area contributed by atoms with E-state index >= 15 is 0 Å². The van der Waals surface area contributed by atoms with Crippen LogP contribution in [0, 0.1) is 25.5 Å². The molecule has 21 heteroatoms. The number of fused-ring (bicyclic) bond motifs is 2.